The molecule has 0 fully saturated rings. The van der Waals surface area contributed by atoms with E-state index in [0.29, 0.717) is 0 Å². The van der Waals surface area contributed by atoms with Crippen LogP contribution in [0.2, 0.25) is 0 Å². The number of hydrogen-bond acceptors (Lipinski definition) is 4. The summed E-state index contributed by atoms with van der Waals surface area (Å²) in [7, 11) is -4.63. The minimum absolute atomic E-state index is 0.102. The van der Waals surface area contributed by atoms with Gasteiger partial charge in [-0.25, -0.2) is 14.4 Å². The summed E-state index contributed by atoms with van der Waals surface area (Å²) >= 11 is 0. The summed E-state index contributed by atoms with van der Waals surface area (Å²) in [6.45, 7) is 2.68. The molecular weight excluding hydrogens is 226 g/mol. The molecule has 0 amide bonds. The van der Waals surface area contributed by atoms with E-state index in [1.54, 1.807) is 0 Å². The molecule has 84 valence electrons. The fourth-order valence-corrected chi connectivity index (χ4v) is 1.62. The maximum absolute atomic E-state index is 12.6. The van der Waals surface area contributed by atoms with Crippen LogP contribution in [0.25, 0.3) is 0 Å². The second kappa shape index (κ2) is 4.18. The zero-order chi connectivity index (χ0) is 11.6. The van der Waals surface area contributed by atoms with Crippen LogP contribution in [0.15, 0.2) is 12.4 Å². The van der Waals surface area contributed by atoms with Gasteiger partial charge in [0.25, 0.3) is 0 Å². The van der Waals surface area contributed by atoms with Gasteiger partial charge in [0, 0.05) is 5.92 Å². The Morgan fingerprint density at radius 1 is 1.27 bits per heavy atom. The largest absolute Gasteiger partial charge is 0.305 e. The van der Waals surface area contributed by atoms with Crippen LogP contribution in [0.5, 0.6) is 0 Å². The zero-order valence-electron chi connectivity index (χ0n) is 8.18. The van der Waals surface area contributed by atoms with Gasteiger partial charge in [0.15, 0.2) is 5.82 Å². The molecule has 4 nitrogen and oxygen atoms in total. The molecule has 1 aromatic rings. The van der Waals surface area contributed by atoms with Crippen molar-refractivity contribution in [1.82, 2.24) is 9.97 Å². The first-order valence-electron chi connectivity index (χ1n) is 4.23. The van der Waals surface area contributed by atoms with Gasteiger partial charge >= 0.3 is 10.2 Å². The zero-order valence-corrected chi connectivity index (χ0v) is 9.00. The van der Waals surface area contributed by atoms with E-state index in [0.717, 1.165) is 12.4 Å². The number of aromatic nitrogens is 2. The van der Waals surface area contributed by atoms with Crippen LogP contribution in [0.4, 0.5) is 8.28 Å². The first kappa shape index (κ1) is 12.0. The maximum Gasteiger partial charge on any atom is 0.305 e. The average molecular weight is 236 g/mol. The topological polar surface area (TPSA) is 59.9 Å². The Balaban J connectivity index is 2.95. The fraction of sp³-hybridized carbons (Fsp3) is 0.500. The standard InChI is InChI=1S/C8H10F2N2O2S/c1-5(6(2)15(10,13)14)8-11-3-7(9)4-12-8/h3-6H,1-2H3. The Bertz CT molecular complexity index is 432. The number of halogens is 2. The summed E-state index contributed by atoms with van der Waals surface area (Å²) in [5.74, 6) is -1.24. The van der Waals surface area contributed by atoms with E-state index in [1.165, 1.54) is 13.8 Å². The number of hydrogen-bond donors (Lipinski definition) is 0. The Hall–Kier alpha value is -1.11. The van der Waals surface area contributed by atoms with Crippen LogP contribution >= 0.6 is 0 Å². The van der Waals surface area contributed by atoms with Crippen LogP contribution in [0.3, 0.4) is 0 Å². The van der Waals surface area contributed by atoms with Crippen molar-refractivity contribution in [3.8, 4) is 0 Å². The third-order valence-corrected chi connectivity index (χ3v) is 3.49. The summed E-state index contributed by atoms with van der Waals surface area (Å²) < 4.78 is 46.3. The average Bonchev–Trinajstić information content (AvgIpc) is 2.15. The van der Waals surface area contributed by atoms with Gasteiger partial charge in [-0.1, -0.05) is 6.92 Å². The summed E-state index contributed by atoms with van der Waals surface area (Å²) in [6, 6.07) is 0. The quantitative estimate of drug-likeness (QED) is 0.744. The van der Waals surface area contributed by atoms with E-state index < -0.39 is 27.2 Å². The summed E-state index contributed by atoms with van der Waals surface area (Å²) in [4.78, 5) is 7.19. The molecule has 0 aliphatic heterocycles. The Labute approximate surface area is 86.6 Å². The highest BCUT2D eigenvalue weighted by molar-refractivity contribution is 7.87. The normalized spacial score (nSPS) is 16.0. The minimum Gasteiger partial charge on any atom is -0.238 e. The molecule has 2 atom stereocenters. The van der Waals surface area contributed by atoms with E-state index in [9.17, 15) is 16.7 Å². The molecule has 0 aliphatic carbocycles. The molecule has 0 aromatic carbocycles. The Morgan fingerprint density at radius 2 is 1.73 bits per heavy atom. The lowest BCUT2D eigenvalue weighted by molar-refractivity contribution is 0.518. The number of rotatable bonds is 3. The maximum atomic E-state index is 12.6. The predicted molar refractivity (Wildman–Crippen MR) is 49.9 cm³/mol. The van der Waals surface area contributed by atoms with Gasteiger partial charge in [0.1, 0.15) is 5.82 Å². The molecule has 0 aliphatic rings. The predicted octanol–water partition coefficient (Wildman–Crippen LogP) is 1.41. The summed E-state index contributed by atoms with van der Waals surface area (Å²) in [5, 5.41) is -1.25. The molecule has 0 saturated carbocycles. The molecule has 0 saturated heterocycles. The van der Waals surface area contributed by atoms with Crippen molar-refractivity contribution in [3.05, 3.63) is 24.0 Å². The van der Waals surface area contributed by atoms with Crippen LogP contribution < -0.4 is 0 Å². The van der Waals surface area contributed by atoms with Crippen LogP contribution in [-0.4, -0.2) is 23.6 Å². The highest BCUT2D eigenvalue weighted by Gasteiger charge is 2.28. The van der Waals surface area contributed by atoms with Gasteiger partial charge in [0.2, 0.25) is 0 Å². The van der Waals surface area contributed by atoms with Crippen LogP contribution in [-0.2, 0) is 10.2 Å². The van der Waals surface area contributed by atoms with Crippen molar-refractivity contribution < 1.29 is 16.7 Å². The summed E-state index contributed by atoms with van der Waals surface area (Å²) in [6.07, 6.45) is 1.83. The third-order valence-electron chi connectivity index (χ3n) is 2.20. The van der Waals surface area contributed by atoms with E-state index in [1.807, 2.05) is 0 Å². The Morgan fingerprint density at radius 3 is 2.13 bits per heavy atom. The fourth-order valence-electron chi connectivity index (χ4n) is 1.01. The Kier molecular flexibility index (Phi) is 3.33. The van der Waals surface area contributed by atoms with Crippen molar-refractivity contribution in [2.45, 2.75) is 25.0 Å². The molecular formula is C8H10F2N2O2S. The highest BCUT2D eigenvalue weighted by Crippen LogP contribution is 2.21. The lowest BCUT2D eigenvalue weighted by atomic mass is 10.1. The van der Waals surface area contributed by atoms with Gasteiger partial charge in [-0.15, -0.1) is 3.89 Å². The first-order valence-corrected chi connectivity index (χ1v) is 5.68. The molecule has 1 rings (SSSR count). The molecule has 2 unspecified atom stereocenters. The van der Waals surface area contributed by atoms with Gasteiger partial charge in [-0.3, -0.25) is 0 Å². The minimum atomic E-state index is -4.63. The SMILES string of the molecule is CC(c1ncc(F)cn1)C(C)S(=O)(=O)F. The van der Waals surface area contributed by atoms with Crippen LogP contribution in [0, 0.1) is 5.82 Å². The highest BCUT2D eigenvalue weighted by atomic mass is 32.3. The van der Waals surface area contributed by atoms with Gasteiger partial charge < -0.3 is 0 Å². The van der Waals surface area contributed by atoms with Crippen molar-refractivity contribution >= 4 is 10.2 Å². The smallest absolute Gasteiger partial charge is 0.238 e. The van der Waals surface area contributed by atoms with Crippen molar-refractivity contribution in [1.29, 1.82) is 0 Å². The molecule has 0 N–H and O–H groups in total. The molecule has 15 heavy (non-hydrogen) atoms. The molecule has 1 aromatic heterocycles. The van der Waals surface area contributed by atoms with E-state index >= 15 is 0 Å². The molecule has 0 spiro atoms. The summed E-state index contributed by atoms with van der Waals surface area (Å²) in [5.41, 5.74) is 0. The van der Waals surface area contributed by atoms with Gasteiger partial charge in [-0.2, -0.15) is 8.42 Å². The second-order valence-corrected chi connectivity index (χ2v) is 4.92. The van der Waals surface area contributed by atoms with E-state index in [2.05, 4.69) is 9.97 Å². The van der Waals surface area contributed by atoms with Gasteiger partial charge in [0.05, 0.1) is 17.6 Å². The number of nitrogens with zero attached hydrogens (tertiary/aromatic N) is 2. The molecule has 0 radical (unpaired) electrons. The third kappa shape index (κ3) is 2.92. The first-order chi connectivity index (χ1) is 6.82. The van der Waals surface area contributed by atoms with E-state index in [4.69, 9.17) is 0 Å². The lowest BCUT2D eigenvalue weighted by Crippen LogP contribution is -2.21. The molecule has 0 bridgehead atoms. The lowest BCUT2D eigenvalue weighted by Gasteiger charge is -2.13. The van der Waals surface area contributed by atoms with Crippen molar-refractivity contribution in [2.24, 2.45) is 0 Å². The van der Waals surface area contributed by atoms with Gasteiger partial charge in [-0.05, 0) is 6.92 Å². The van der Waals surface area contributed by atoms with E-state index in [-0.39, 0.29) is 5.82 Å². The van der Waals surface area contributed by atoms with Crippen molar-refractivity contribution in [3.63, 3.8) is 0 Å². The monoisotopic (exact) mass is 236 g/mol. The molecule has 1 heterocycles. The van der Waals surface area contributed by atoms with Crippen LogP contribution in [0.1, 0.15) is 25.6 Å². The second-order valence-electron chi connectivity index (χ2n) is 3.23. The van der Waals surface area contributed by atoms with Crippen molar-refractivity contribution in [2.75, 3.05) is 0 Å². The molecule has 7 heteroatoms.